The molecular weight excluding hydrogens is 266 g/mol. The van der Waals surface area contributed by atoms with Gasteiger partial charge in [0.05, 0.1) is 6.61 Å². The van der Waals surface area contributed by atoms with Gasteiger partial charge in [-0.15, -0.1) is 0 Å². The molecule has 0 aromatic heterocycles. The average Bonchev–Trinajstić information content (AvgIpc) is 2.43. The molecule has 0 atom stereocenters. The molecule has 0 fully saturated rings. The van der Waals surface area contributed by atoms with Gasteiger partial charge in [0.15, 0.2) is 0 Å². The number of aliphatic hydroxyl groups is 1. The van der Waals surface area contributed by atoms with E-state index in [9.17, 15) is 9.90 Å². The number of anilines is 1. The van der Waals surface area contributed by atoms with Gasteiger partial charge in [-0.1, -0.05) is 18.2 Å². The molecule has 0 heterocycles. The molecule has 0 saturated heterocycles. The molecule has 118 valence electrons. The quantitative estimate of drug-likeness (QED) is 0.876. The van der Waals surface area contributed by atoms with Crippen LogP contribution in [0.5, 0.6) is 0 Å². The van der Waals surface area contributed by atoms with E-state index in [1.165, 1.54) is 0 Å². The Bertz CT molecular complexity index is 469. The van der Waals surface area contributed by atoms with Crippen molar-refractivity contribution in [2.75, 3.05) is 32.5 Å². The zero-order valence-electron chi connectivity index (χ0n) is 13.7. The second-order valence-electron chi connectivity index (χ2n) is 6.26. The summed E-state index contributed by atoms with van der Waals surface area (Å²) in [5.41, 5.74) is 1.45. The second kappa shape index (κ2) is 7.43. The summed E-state index contributed by atoms with van der Waals surface area (Å²) < 4.78 is 0. The normalized spacial score (nSPS) is 11.6. The first-order valence-electron chi connectivity index (χ1n) is 7.18. The second-order valence-corrected chi connectivity index (χ2v) is 6.26. The lowest BCUT2D eigenvalue weighted by molar-refractivity contribution is 0.157. The van der Waals surface area contributed by atoms with Crippen LogP contribution in [0.3, 0.4) is 0 Å². The van der Waals surface area contributed by atoms with Gasteiger partial charge in [-0.2, -0.15) is 0 Å². The van der Waals surface area contributed by atoms with Crippen molar-refractivity contribution in [1.82, 2.24) is 9.80 Å². The summed E-state index contributed by atoms with van der Waals surface area (Å²) in [7, 11) is 3.82. The number of para-hydroxylation sites is 1. The zero-order chi connectivity index (χ0) is 16.0. The molecule has 2 amide bonds. The van der Waals surface area contributed by atoms with Crippen LogP contribution < -0.4 is 5.32 Å². The molecule has 1 aromatic carbocycles. The molecule has 0 radical (unpaired) electrons. The molecule has 5 nitrogen and oxygen atoms in total. The third kappa shape index (κ3) is 5.36. The molecule has 0 saturated carbocycles. The maximum atomic E-state index is 12.2. The molecule has 1 aromatic rings. The number of likely N-dealkylation sites (N-methyl/N-ethyl adjacent to an activating group) is 2. The van der Waals surface area contributed by atoms with E-state index >= 15 is 0 Å². The fraction of sp³-hybridized carbons (Fsp3) is 0.562. The lowest BCUT2D eigenvalue weighted by Gasteiger charge is -2.33. The van der Waals surface area contributed by atoms with Crippen molar-refractivity contribution in [1.29, 1.82) is 0 Å². The number of urea groups is 1. The summed E-state index contributed by atoms with van der Waals surface area (Å²) in [5.74, 6) is 0. The monoisotopic (exact) mass is 293 g/mol. The standard InChI is InChI=1S/C16H27N3O2/c1-16(2,3)19(5)11-10-18(4)15(21)17-14-9-7-6-8-13(14)12-20/h6-9,20H,10-12H2,1-5H3,(H,17,21). The van der Waals surface area contributed by atoms with Gasteiger partial charge < -0.3 is 15.3 Å². The van der Waals surface area contributed by atoms with Crippen LogP contribution in [0.4, 0.5) is 10.5 Å². The highest BCUT2D eigenvalue weighted by atomic mass is 16.3. The first-order valence-corrected chi connectivity index (χ1v) is 7.18. The lowest BCUT2D eigenvalue weighted by Crippen LogP contribution is -2.44. The van der Waals surface area contributed by atoms with Crippen molar-refractivity contribution in [3.05, 3.63) is 29.8 Å². The summed E-state index contributed by atoms with van der Waals surface area (Å²) in [6.07, 6.45) is 0. The molecule has 1 rings (SSSR count). The number of nitrogens with one attached hydrogen (secondary N) is 1. The number of amides is 2. The van der Waals surface area contributed by atoms with Crippen LogP contribution in [-0.2, 0) is 6.61 Å². The maximum absolute atomic E-state index is 12.2. The maximum Gasteiger partial charge on any atom is 0.321 e. The predicted octanol–water partition coefficient (Wildman–Crippen LogP) is 2.37. The van der Waals surface area contributed by atoms with E-state index in [1.807, 2.05) is 19.2 Å². The van der Waals surface area contributed by atoms with Crippen LogP contribution in [0, 0.1) is 0 Å². The van der Waals surface area contributed by atoms with E-state index in [4.69, 9.17) is 0 Å². The van der Waals surface area contributed by atoms with E-state index in [1.54, 1.807) is 24.1 Å². The van der Waals surface area contributed by atoms with Crippen molar-refractivity contribution in [2.24, 2.45) is 0 Å². The van der Waals surface area contributed by atoms with E-state index in [-0.39, 0.29) is 18.2 Å². The first kappa shape index (κ1) is 17.5. The number of hydrogen-bond donors (Lipinski definition) is 2. The third-order valence-corrected chi connectivity index (χ3v) is 3.69. The van der Waals surface area contributed by atoms with E-state index < -0.39 is 0 Å². The smallest absolute Gasteiger partial charge is 0.321 e. The Balaban J connectivity index is 2.55. The Morgan fingerprint density at radius 1 is 1.19 bits per heavy atom. The number of carbonyl (C=O) groups excluding carboxylic acids is 1. The predicted molar refractivity (Wildman–Crippen MR) is 86.4 cm³/mol. The Morgan fingerprint density at radius 2 is 1.81 bits per heavy atom. The highest BCUT2D eigenvalue weighted by molar-refractivity contribution is 5.89. The third-order valence-electron chi connectivity index (χ3n) is 3.69. The minimum atomic E-state index is -0.168. The molecule has 21 heavy (non-hydrogen) atoms. The molecule has 0 aliphatic rings. The Labute approximate surface area is 127 Å². The largest absolute Gasteiger partial charge is 0.392 e. The van der Waals surface area contributed by atoms with Crippen molar-refractivity contribution in [3.8, 4) is 0 Å². The number of hydrogen-bond acceptors (Lipinski definition) is 3. The molecule has 0 aliphatic carbocycles. The molecule has 5 heteroatoms. The van der Waals surface area contributed by atoms with Gasteiger partial charge in [0.1, 0.15) is 0 Å². The number of nitrogens with zero attached hydrogens (tertiary/aromatic N) is 2. The molecule has 0 aliphatic heterocycles. The Morgan fingerprint density at radius 3 is 2.38 bits per heavy atom. The minimum Gasteiger partial charge on any atom is -0.392 e. The average molecular weight is 293 g/mol. The van der Waals surface area contributed by atoms with Crippen molar-refractivity contribution < 1.29 is 9.90 Å². The fourth-order valence-electron chi connectivity index (χ4n) is 1.73. The molecule has 2 N–H and O–H groups in total. The zero-order valence-corrected chi connectivity index (χ0v) is 13.7. The highest BCUT2D eigenvalue weighted by Crippen LogP contribution is 2.15. The first-order chi connectivity index (χ1) is 9.75. The number of carbonyl (C=O) groups is 1. The van der Waals surface area contributed by atoms with Gasteiger partial charge in [-0.25, -0.2) is 4.79 Å². The Hall–Kier alpha value is -1.59. The topological polar surface area (TPSA) is 55.8 Å². The van der Waals surface area contributed by atoms with Crippen LogP contribution in [0.1, 0.15) is 26.3 Å². The minimum absolute atomic E-state index is 0.0841. The SMILES string of the molecule is CN(CCN(C)C(C)(C)C)C(=O)Nc1ccccc1CO. The van der Waals surface area contributed by atoms with Gasteiger partial charge in [0, 0.05) is 36.9 Å². The number of aliphatic hydroxyl groups excluding tert-OH is 1. The van der Waals surface area contributed by atoms with Crippen LogP contribution >= 0.6 is 0 Å². The highest BCUT2D eigenvalue weighted by Gasteiger charge is 2.18. The van der Waals surface area contributed by atoms with E-state index in [0.717, 1.165) is 6.54 Å². The van der Waals surface area contributed by atoms with Gasteiger partial charge in [-0.05, 0) is 33.9 Å². The molecule has 0 unspecified atom stereocenters. The lowest BCUT2D eigenvalue weighted by atomic mass is 10.1. The summed E-state index contributed by atoms with van der Waals surface area (Å²) in [6, 6.07) is 7.09. The molecule has 0 bridgehead atoms. The van der Waals surface area contributed by atoms with Crippen molar-refractivity contribution >= 4 is 11.7 Å². The summed E-state index contributed by atoms with van der Waals surface area (Å²) in [5, 5.41) is 12.1. The fourth-order valence-corrected chi connectivity index (χ4v) is 1.73. The number of rotatable bonds is 5. The Kier molecular flexibility index (Phi) is 6.18. The number of benzene rings is 1. The summed E-state index contributed by atoms with van der Waals surface area (Å²) >= 11 is 0. The van der Waals surface area contributed by atoms with Gasteiger partial charge in [-0.3, -0.25) is 4.90 Å². The molecular formula is C16H27N3O2. The summed E-state index contributed by atoms with van der Waals surface area (Å²) in [4.78, 5) is 16.0. The molecule has 0 spiro atoms. The van der Waals surface area contributed by atoms with Gasteiger partial charge in [0.25, 0.3) is 0 Å². The van der Waals surface area contributed by atoms with Crippen LogP contribution in [0.25, 0.3) is 0 Å². The van der Waals surface area contributed by atoms with E-state index in [0.29, 0.717) is 17.8 Å². The van der Waals surface area contributed by atoms with Crippen LogP contribution in [0.15, 0.2) is 24.3 Å². The van der Waals surface area contributed by atoms with Crippen molar-refractivity contribution in [3.63, 3.8) is 0 Å². The van der Waals surface area contributed by atoms with Gasteiger partial charge in [0.2, 0.25) is 0 Å². The summed E-state index contributed by atoms with van der Waals surface area (Å²) in [6.45, 7) is 7.78. The van der Waals surface area contributed by atoms with Crippen LogP contribution in [0.2, 0.25) is 0 Å². The van der Waals surface area contributed by atoms with Crippen molar-refractivity contribution in [2.45, 2.75) is 32.9 Å². The van der Waals surface area contributed by atoms with E-state index in [2.05, 4.69) is 31.0 Å². The van der Waals surface area contributed by atoms with Crippen LogP contribution in [-0.4, -0.2) is 53.7 Å². The van der Waals surface area contributed by atoms with Gasteiger partial charge >= 0.3 is 6.03 Å².